The minimum absolute atomic E-state index is 0.402. The number of thioether (sulfide) groups is 1. The molecule has 1 aromatic carbocycles. The molecule has 3 heteroatoms. The molecule has 2 N–H and O–H groups in total. The van der Waals surface area contributed by atoms with Gasteiger partial charge in [-0.05, 0) is 43.4 Å². The smallest absolute Gasteiger partial charge is 0.0735 e. The van der Waals surface area contributed by atoms with Gasteiger partial charge in [0.05, 0.1) is 5.03 Å². The molecule has 2 aromatic rings. The Morgan fingerprint density at radius 3 is 2.90 bits per heavy atom. The summed E-state index contributed by atoms with van der Waals surface area (Å²) in [6.07, 6.45) is 3.82. The molecule has 21 heavy (non-hydrogen) atoms. The molecular weight excluding hydrogens is 276 g/mol. The Morgan fingerprint density at radius 2 is 2.14 bits per heavy atom. The molecule has 0 aliphatic heterocycles. The van der Waals surface area contributed by atoms with Gasteiger partial charge in [-0.2, -0.15) is 0 Å². The number of fused-ring (bicyclic) bond motifs is 1. The molecule has 1 aliphatic rings. The molecule has 2 unspecified atom stereocenters. The van der Waals surface area contributed by atoms with Crippen molar-refractivity contribution in [3.8, 4) is 0 Å². The second-order valence-corrected chi connectivity index (χ2v) is 8.12. The van der Waals surface area contributed by atoms with E-state index in [2.05, 4.69) is 61.4 Å². The highest BCUT2D eigenvalue weighted by Crippen LogP contribution is 2.45. The van der Waals surface area contributed by atoms with Crippen LogP contribution in [0, 0.1) is 5.41 Å². The number of H-pyrrole nitrogens is 1. The van der Waals surface area contributed by atoms with Gasteiger partial charge in [-0.3, -0.25) is 0 Å². The van der Waals surface area contributed by atoms with Gasteiger partial charge in [-0.25, -0.2) is 0 Å². The van der Waals surface area contributed by atoms with Crippen LogP contribution in [0.5, 0.6) is 0 Å². The Morgan fingerprint density at radius 1 is 1.33 bits per heavy atom. The fourth-order valence-electron chi connectivity index (χ4n) is 3.45. The topological polar surface area (TPSA) is 27.8 Å². The number of hydrogen-bond donors (Lipinski definition) is 2. The van der Waals surface area contributed by atoms with Crippen molar-refractivity contribution < 1.29 is 0 Å². The fraction of sp³-hybridized carbons (Fsp3) is 0.556. The van der Waals surface area contributed by atoms with Gasteiger partial charge < -0.3 is 10.3 Å². The lowest BCUT2D eigenvalue weighted by Gasteiger charge is -2.31. The van der Waals surface area contributed by atoms with Crippen molar-refractivity contribution in [2.75, 3.05) is 6.54 Å². The number of aromatic nitrogens is 1. The van der Waals surface area contributed by atoms with Crippen molar-refractivity contribution in [1.29, 1.82) is 0 Å². The maximum Gasteiger partial charge on any atom is 0.0735 e. The summed E-state index contributed by atoms with van der Waals surface area (Å²) < 4.78 is 0. The van der Waals surface area contributed by atoms with Crippen molar-refractivity contribution in [3.63, 3.8) is 0 Å². The van der Waals surface area contributed by atoms with E-state index in [4.69, 9.17) is 0 Å². The van der Waals surface area contributed by atoms with Gasteiger partial charge in [0.25, 0.3) is 0 Å². The largest absolute Gasteiger partial charge is 0.350 e. The molecule has 1 aliphatic carbocycles. The van der Waals surface area contributed by atoms with Crippen LogP contribution < -0.4 is 5.32 Å². The van der Waals surface area contributed by atoms with E-state index in [0.29, 0.717) is 16.7 Å². The Hall–Kier alpha value is -0.930. The summed E-state index contributed by atoms with van der Waals surface area (Å²) in [5, 5.41) is 7.08. The van der Waals surface area contributed by atoms with E-state index in [-0.39, 0.29) is 0 Å². The zero-order valence-electron chi connectivity index (χ0n) is 13.3. The normalized spacial score (nSPS) is 24.7. The highest BCUT2D eigenvalue weighted by molar-refractivity contribution is 8.00. The summed E-state index contributed by atoms with van der Waals surface area (Å²) in [5.41, 5.74) is 1.65. The van der Waals surface area contributed by atoms with Gasteiger partial charge in [-0.1, -0.05) is 39.0 Å². The monoisotopic (exact) mass is 302 g/mol. The lowest BCUT2D eigenvalue weighted by molar-refractivity contribution is 0.287. The SMILES string of the molecule is CCCNC1C(Sc2cc3ccccc3[nH]2)CCC1(C)C. The first kappa shape index (κ1) is 15.0. The quantitative estimate of drug-likeness (QED) is 0.829. The van der Waals surface area contributed by atoms with Crippen LogP contribution >= 0.6 is 11.8 Å². The summed E-state index contributed by atoms with van der Waals surface area (Å²) in [6.45, 7) is 8.19. The number of para-hydroxylation sites is 1. The lowest BCUT2D eigenvalue weighted by Crippen LogP contribution is -2.43. The van der Waals surface area contributed by atoms with E-state index >= 15 is 0 Å². The Bertz CT molecular complexity index is 569. The highest BCUT2D eigenvalue weighted by atomic mass is 32.2. The molecule has 0 amide bonds. The summed E-state index contributed by atoms with van der Waals surface area (Å²) in [7, 11) is 0. The standard InChI is InChI=1S/C18H26N2S/c1-4-11-19-17-15(9-10-18(17,2)3)21-16-12-13-7-5-6-8-14(13)20-16/h5-8,12,15,17,19-20H,4,9-11H2,1-3H3. The maximum absolute atomic E-state index is 3.79. The first-order valence-corrected chi connectivity index (χ1v) is 8.96. The van der Waals surface area contributed by atoms with Crippen LogP contribution in [0.3, 0.4) is 0 Å². The summed E-state index contributed by atoms with van der Waals surface area (Å²) in [6, 6.07) is 11.4. The predicted molar refractivity (Wildman–Crippen MR) is 93.0 cm³/mol. The minimum Gasteiger partial charge on any atom is -0.350 e. The third-order valence-corrected chi connectivity index (χ3v) is 5.97. The van der Waals surface area contributed by atoms with Gasteiger partial charge in [0.1, 0.15) is 0 Å². The molecule has 0 bridgehead atoms. The van der Waals surface area contributed by atoms with Crippen molar-refractivity contribution >= 4 is 22.7 Å². The second kappa shape index (κ2) is 6.05. The van der Waals surface area contributed by atoms with E-state index in [1.165, 1.54) is 35.2 Å². The maximum atomic E-state index is 3.79. The zero-order chi connectivity index (χ0) is 14.9. The van der Waals surface area contributed by atoms with Gasteiger partial charge in [0, 0.05) is 22.2 Å². The first-order chi connectivity index (χ1) is 10.1. The van der Waals surface area contributed by atoms with E-state index in [1.54, 1.807) is 0 Å². The molecule has 3 rings (SSSR count). The summed E-state index contributed by atoms with van der Waals surface area (Å²) in [4.78, 5) is 3.56. The van der Waals surface area contributed by atoms with Crippen molar-refractivity contribution in [2.45, 2.75) is 56.4 Å². The Labute approximate surface area is 132 Å². The molecule has 1 heterocycles. The number of hydrogen-bond acceptors (Lipinski definition) is 2. The van der Waals surface area contributed by atoms with Crippen LogP contribution in [0.25, 0.3) is 10.9 Å². The third-order valence-electron chi connectivity index (χ3n) is 4.68. The minimum atomic E-state index is 0.402. The lowest BCUT2D eigenvalue weighted by atomic mass is 9.87. The number of nitrogens with one attached hydrogen (secondary N) is 2. The number of rotatable bonds is 5. The molecule has 1 aromatic heterocycles. The molecule has 114 valence electrons. The van der Waals surface area contributed by atoms with E-state index in [1.807, 2.05) is 11.8 Å². The van der Waals surface area contributed by atoms with Crippen LogP contribution in [0.1, 0.15) is 40.0 Å². The van der Waals surface area contributed by atoms with E-state index in [9.17, 15) is 0 Å². The Kier molecular flexibility index (Phi) is 4.32. The molecule has 1 saturated carbocycles. The molecule has 2 atom stereocenters. The highest BCUT2D eigenvalue weighted by Gasteiger charge is 2.41. The van der Waals surface area contributed by atoms with Crippen LogP contribution in [0.4, 0.5) is 0 Å². The van der Waals surface area contributed by atoms with E-state index in [0.717, 1.165) is 6.54 Å². The predicted octanol–water partition coefficient (Wildman–Crippen LogP) is 4.82. The van der Waals surface area contributed by atoms with Gasteiger partial charge in [0.15, 0.2) is 0 Å². The molecule has 2 nitrogen and oxygen atoms in total. The van der Waals surface area contributed by atoms with Gasteiger partial charge in [0.2, 0.25) is 0 Å². The summed E-state index contributed by atoms with van der Waals surface area (Å²) in [5.74, 6) is 0. The van der Waals surface area contributed by atoms with Crippen molar-refractivity contribution in [3.05, 3.63) is 30.3 Å². The van der Waals surface area contributed by atoms with Crippen LogP contribution in [0.2, 0.25) is 0 Å². The number of aromatic amines is 1. The second-order valence-electron chi connectivity index (χ2n) is 6.84. The molecule has 0 spiro atoms. The molecule has 0 saturated heterocycles. The average Bonchev–Trinajstić information content (AvgIpc) is 2.98. The zero-order valence-corrected chi connectivity index (χ0v) is 14.1. The van der Waals surface area contributed by atoms with Gasteiger partial charge in [-0.15, -0.1) is 11.8 Å². The average molecular weight is 302 g/mol. The van der Waals surface area contributed by atoms with Gasteiger partial charge >= 0.3 is 0 Å². The van der Waals surface area contributed by atoms with Crippen LogP contribution in [-0.2, 0) is 0 Å². The summed E-state index contributed by atoms with van der Waals surface area (Å²) >= 11 is 2.02. The Balaban J connectivity index is 1.76. The molecular formula is C18H26N2S. The van der Waals surface area contributed by atoms with Crippen molar-refractivity contribution in [1.82, 2.24) is 10.3 Å². The third kappa shape index (κ3) is 3.14. The number of benzene rings is 1. The molecule has 0 radical (unpaired) electrons. The first-order valence-electron chi connectivity index (χ1n) is 8.08. The van der Waals surface area contributed by atoms with E-state index < -0.39 is 0 Å². The molecule has 1 fully saturated rings. The van der Waals surface area contributed by atoms with Crippen LogP contribution in [-0.4, -0.2) is 22.8 Å². The van der Waals surface area contributed by atoms with Crippen LogP contribution in [0.15, 0.2) is 35.4 Å². The van der Waals surface area contributed by atoms with Crippen molar-refractivity contribution in [2.24, 2.45) is 5.41 Å². The fourth-order valence-corrected chi connectivity index (χ4v) is 4.97.